The molecule has 0 aliphatic carbocycles. The summed E-state index contributed by atoms with van der Waals surface area (Å²) in [5, 5.41) is 0.890. The third kappa shape index (κ3) is 2.96. The highest BCUT2D eigenvalue weighted by molar-refractivity contribution is 5.96. The molecule has 1 aromatic carbocycles. The second-order valence-electron chi connectivity index (χ2n) is 4.29. The zero-order chi connectivity index (χ0) is 14.5. The van der Waals surface area contributed by atoms with Gasteiger partial charge in [-0.3, -0.25) is 4.98 Å². The number of benzene rings is 1. The lowest BCUT2D eigenvalue weighted by molar-refractivity contribution is -0.137. The molecule has 0 unspecified atom stereocenters. The molecule has 0 saturated heterocycles. The summed E-state index contributed by atoms with van der Waals surface area (Å²) in [5.74, 6) is 0.378. The van der Waals surface area contributed by atoms with E-state index in [4.69, 9.17) is 9.47 Å². The lowest BCUT2D eigenvalue weighted by atomic mass is 10.1. The van der Waals surface area contributed by atoms with Crippen molar-refractivity contribution in [3.8, 4) is 5.75 Å². The lowest BCUT2D eigenvalue weighted by Crippen LogP contribution is -1.99. The summed E-state index contributed by atoms with van der Waals surface area (Å²) in [7, 11) is 1.62. The average molecular weight is 271 g/mol. The maximum atomic E-state index is 11.4. The van der Waals surface area contributed by atoms with Crippen molar-refractivity contribution >= 4 is 22.9 Å². The van der Waals surface area contributed by atoms with Crippen molar-refractivity contribution in [2.45, 2.75) is 13.8 Å². The molecule has 4 nitrogen and oxygen atoms in total. The van der Waals surface area contributed by atoms with Crippen LogP contribution in [-0.2, 0) is 9.53 Å². The van der Waals surface area contributed by atoms with E-state index in [9.17, 15) is 4.79 Å². The number of methoxy groups -OCH3 is 1. The van der Waals surface area contributed by atoms with Gasteiger partial charge in [-0.1, -0.05) is 6.07 Å². The molecule has 0 radical (unpaired) electrons. The van der Waals surface area contributed by atoms with E-state index in [2.05, 4.69) is 4.98 Å². The first-order valence-corrected chi connectivity index (χ1v) is 6.45. The fourth-order valence-electron chi connectivity index (χ4n) is 2.07. The Kier molecular flexibility index (Phi) is 4.35. The van der Waals surface area contributed by atoms with Gasteiger partial charge in [0.1, 0.15) is 5.75 Å². The van der Waals surface area contributed by atoms with E-state index in [0.717, 1.165) is 27.9 Å². The Morgan fingerprint density at radius 3 is 2.90 bits per heavy atom. The second kappa shape index (κ2) is 6.19. The Balaban J connectivity index is 2.53. The normalized spacial score (nSPS) is 10.9. The number of carbonyl (C=O) groups is 1. The molecule has 20 heavy (non-hydrogen) atoms. The minimum Gasteiger partial charge on any atom is -0.496 e. The topological polar surface area (TPSA) is 48.4 Å². The van der Waals surface area contributed by atoms with Crippen molar-refractivity contribution in [3.63, 3.8) is 0 Å². The van der Waals surface area contributed by atoms with Crippen molar-refractivity contribution in [1.82, 2.24) is 4.98 Å². The van der Waals surface area contributed by atoms with Gasteiger partial charge in [0.15, 0.2) is 0 Å². The van der Waals surface area contributed by atoms with Crippen LogP contribution >= 0.6 is 0 Å². The first-order chi connectivity index (χ1) is 9.65. The smallest absolute Gasteiger partial charge is 0.330 e. The minimum atomic E-state index is -0.356. The number of aryl methyl sites for hydroxylation is 1. The number of carbonyl (C=O) groups excluding carboxylic acids is 1. The van der Waals surface area contributed by atoms with Gasteiger partial charge in [-0.05, 0) is 43.7 Å². The minimum absolute atomic E-state index is 0.356. The maximum Gasteiger partial charge on any atom is 0.330 e. The summed E-state index contributed by atoms with van der Waals surface area (Å²) in [4.78, 5) is 15.9. The number of aromatic nitrogens is 1. The molecule has 0 aliphatic rings. The number of pyridine rings is 1. The summed E-state index contributed by atoms with van der Waals surface area (Å²) < 4.78 is 10.3. The predicted molar refractivity (Wildman–Crippen MR) is 78.7 cm³/mol. The largest absolute Gasteiger partial charge is 0.496 e. The Hall–Kier alpha value is -2.36. The molecule has 0 N–H and O–H groups in total. The SMILES string of the molecule is CCOC(=O)/C=C/c1cc(C)nc2cccc(OC)c12. The molecule has 0 amide bonds. The molecule has 1 heterocycles. The van der Waals surface area contributed by atoms with Gasteiger partial charge in [-0.25, -0.2) is 4.79 Å². The van der Waals surface area contributed by atoms with Crippen molar-refractivity contribution < 1.29 is 14.3 Å². The maximum absolute atomic E-state index is 11.4. The van der Waals surface area contributed by atoms with Gasteiger partial charge < -0.3 is 9.47 Å². The quantitative estimate of drug-likeness (QED) is 0.633. The van der Waals surface area contributed by atoms with Gasteiger partial charge in [0.05, 0.1) is 19.2 Å². The van der Waals surface area contributed by atoms with E-state index in [1.165, 1.54) is 6.08 Å². The van der Waals surface area contributed by atoms with Crippen LogP contribution in [0.25, 0.3) is 17.0 Å². The van der Waals surface area contributed by atoms with Crippen molar-refractivity contribution in [2.75, 3.05) is 13.7 Å². The van der Waals surface area contributed by atoms with Gasteiger partial charge in [0.25, 0.3) is 0 Å². The predicted octanol–water partition coefficient (Wildman–Crippen LogP) is 3.13. The molecule has 0 saturated carbocycles. The number of esters is 1. The molecule has 104 valence electrons. The third-order valence-corrected chi connectivity index (χ3v) is 2.86. The third-order valence-electron chi connectivity index (χ3n) is 2.86. The lowest BCUT2D eigenvalue weighted by Gasteiger charge is -2.09. The molecule has 0 fully saturated rings. The highest BCUT2D eigenvalue weighted by Crippen LogP contribution is 2.29. The van der Waals surface area contributed by atoms with E-state index >= 15 is 0 Å². The van der Waals surface area contributed by atoms with Gasteiger partial charge in [-0.2, -0.15) is 0 Å². The number of fused-ring (bicyclic) bond motifs is 1. The summed E-state index contributed by atoms with van der Waals surface area (Å²) in [5.41, 5.74) is 2.61. The van der Waals surface area contributed by atoms with Crippen LogP contribution in [0.2, 0.25) is 0 Å². The van der Waals surface area contributed by atoms with E-state index in [-0.39, 0.29) is 5.97 Å². The van der Waals surface area contributed by atoms with E-state index in [1.807, 2.05) is 31.2 Å². The molecule has 0 atom stereocenters. The molecule has 0 spiro atoms. The number of ether oxygens (including phenoxy) is 2. The Bertz CT molecular complexity index is 662. The number of hydrogen-bond donors (Lipinski definition) is 0. The standard InChI is InChI=1S/C16H17NO3/c1-4-20-15(18)9-8-12-10-11(2)17-13-6-5-7-14(19-3)16(12)13/h5-10H,4H2,1-3H3/b9-8+. The molecule has 4 heteroatoms. The fraction of sp³-hybridized carbons (Fsp3) is 0.250. The fourth-order valence-corrected chi connectivity index (χ4v) is 2.07. The molecule has 2 rings (SSSR count). The van der Waals surface area contributed by atoms with Gasteiger partial charge in [-0.15, -0.1) is 0 Å². The van der Waals surface area contributed by atoms with Crippen LogP contribution in [0.3, 0.4) is 0 Å². The zero-order valence-electron chi connectivity index (χ0n) is 11.8. The average Bonchev–Trinajstić information content (AvgIpc) is 2.44. The Morgan fingerprint density at radius 1 is 1.40 bits per heavy atom. The summed E-state index contributed by atoms with van der Waals surface area (Å²) in [6.07, 6.45) is 3.15. The van der Waals surface area contributed by atoms with Gasteiger partial charge in [0.2, 0.25) is 0 Å². The van der Waals surface area contributed by atoms with Crippen LogP contribution in [0.1, 0.15) is 18.2 Å². The monoisotopic (exact) mass is 271 g/mol. The van der Waals surface area contributed by atoms with Crippen LogP contribution in [-0.4, -0.2) is 24.7 Å². The summed E-state index contributed by atoms with van der Waals surface area (Å²) in [6, 6.07) is 7.61. The number of rotatable bonds is 4. The Labute approximate surface area is 118 Å². The molecular formula is C16H17NO3. The highest BCUT2D eigenvalue weighted by atomic mass is 16.5. The first kappa shape index (κ1) is 14.1. The highest BCUT2D eigenvalue weighted by Gasteiger charge is 2.08. The van der Waals surface area contributed by atoms with Crippen LogP contribution in [0.15, 0.2) is 30.3 Å². The molecule has 2 aromatic rings. The van der Waals surface area contributed by atoms with E-state index in [1.54, 1.807) is 20.1 Å². The van der Waals surface area contributed by atoms with Crippen LogP contribution in [0.5, 0.6) is 5.75 Å². The molecule has 1 aromatic heterocycles. The van der Waals surface area contributed by atoms with E-state index < -0.39 is 0 Å². The van der Waals surface area contributed by atoms with Crippen molar-refractivity contribution in [2.24, 2.45) is 0 Å². The number of nitrogens with zero attached hydrogens (tertiary/aromatic N) is 1. The van der Waals surface area contributed by atoms with Crippen molar-refractivity contribution in [1.29, 1.82) is 0 Å². The Morgan fingerprint density at radius 2 is 2.20 bits per heavy atom. The summed E-state index contributed by atoms with van der Waals surface area (Å²) in [6.45, 7) is 4.06. The van der Waals surface area contributed by atoms with Crippen LogP contribution in [0.4, 0.5) is 0 Å². The first-order valence-electron chi connectivity index (χ1n) is 6.45. The molecule has 0 aliphatic heterocycles. The second-order valence-corrected chi connectivity index (χ2v) is 4.29. The van der Waals surface area contributed by atoms with Gasteiger partial charge >= 0.3 is 5.97 Å². The van der Waals surface area contributed by atoms with E-state index in [0.29, 0.717) is 6.61 Å². The molecular weight excluding hydrogens is 254 g/mol. The number of hydrogen-bond acceptors (Lipinski definition) is 4. The molecule has 0 bridgehead atoms. The van der Waals surface area contributed by atoms with Crippen molar-refractivity contribution in [3.05, 3.63) is 41.6 Å². The zero-order valence-corrected chi connectivity index (χ0v) is 11.8. The van der Waals surface area contributed by atoms with Crippen LogP contribution in [0, 0.1) is 6.92 Å². The van der Waals surface area contributed by atoms with Crippen LogP contribution < -0.4 is 4.74 Å². The summed E-state index contributed by atoms with van der Waals surface area (Å²) >= 11 is 0. The van der Waals surface area contributed by atoms with Gasteiger partial charge in [0, 0.05) is 17.2 Å².